The van der Waals surface area contributed by atoms with Crippen LogP contribution in [0.5, 0.6) is 5.75 Å². The van der Waals surface area contributed by atoms with Crippen molar-refractivity contribution < 1.29 is 14.6 Å². The molecule has 0 amide bonds. The highest BCUT2D eigenvalue weighted by atomic mass is 16.5. The van der Waals surface area contributed by atoms with Crippen LogP contribution >= 0.6 is 0 Å². The minimum atomic E-state index is -0.0529. The molecule has 1 aliphatic rings. The molecule has 1 saturated heterocycles. The molecular weight excluding hydrogens is 450 g/mol. The van der Waals surface area contributed by atoms with E-state index < -0.39 is 0 Å². The van der Waals surface area contributed by atoms with Crippen LogP contribution in [0.3, 0.4) is 0 Å². The summed E-state index contributed by atoms with van der Waals surface area (Å²) in [5.41, 5.74) is 3.51. The van der Waals surface area contributed by atoms with Crippen LogP contribution in [-0.4, -0.2) is 73.7 Å². The first kappa shape index (κ1) is 22.2. The van der Waals surface area contributed by atoms with Crippen LogP contribution in [0.25, 0.3) is 22.6 Å². The molecule has 5 rings (SSSR count). The number of ether oxygens (including phenoxy) is 2. The van der Waals surface area contributed by atoms with E-state index in [1.165, 1.54) is 11.0 Å². The maximum Gasteiger partial charge on any atom is 0.229 e. The van der Waals surface area contributed by atoms with E-state index >= 15 is 0 Å². The molecule has 12 nitrogen and oxygen atoms in total. The van der Waals surface area contributed by atoms with E-state index in [9.17, 15) is 5.11 Å². The van der Waals surface area contributed by atoms with Crippen molar-refractivity contribution in [3.05, 3.63) is 61.3 Å². The molecule has 3 aromatic heterocycles. The molecule has 0 unspecified atom stereocenters. The zero-order chi connectivity index (χ0) is 24.2. The predicted octanol–water partition coefficient (Wildman–Crippen LogP) is 2.63. The average Bonchev–Trinajstić information content (AvgIpc) is 3.44. The number of tetrazole rings is 1. The summed E-state index contributed by atoms with van der Waals surface area (Å²) in [5.74, 6) is 1.71. The second-order valence-corrected chi connectivity index (χ2v) is 7.74. The summed E-state index contributed by atoms with van der Waals surface area (Å²) >= 11 is 0. The van der Waals surface area contributed by atoms with E-state index in [1.807, 2.05) is 24.3 Å². The van der Waals surface area contributed by atoms with Crippen LogP contribution in [0.15, 0.2) is 55.8 Å². The van der Waals surface area contributed by atoms with E-state index in [1.54, 1.807) is 25.7 Å². The van der Waals surface area contributed by atoms with Gasteiger partial charge in [-0.2, -0.15) is 4.98 Å². The van der Waals surface area contributed by atoms with Gasteiger partial charge in [0.2, 0.25) is 5.95 Å². The number of hydrogen-bond acceptors (Lipinski definition) is 11. The first-order valence-corrected chi connectivity index (χ1v) is 10.8. The molecular formula is C23H23N9O3. The highest BCUT2D eigenvalue weighted by Gasteiger charge is 2.20. The van der Waals surface area contributed by atoms with E-state index in [0.717, 1.165) is 16.9 Å². The van der Waals surface area contributed by atoms with Crippen LogP contribution in [0.4, 0.5) is 17.5 Å². The number of pyridine rings is 1. The summed E-state index contributed by atoms with van der Waals surface area (Å²) in [6.07, 6.45) is 6.51. The van der Waals surface area contributed by atoms with Gasteiger partial charge < -0.3 is 24.8 Å². The van der Waals surface area contributed by atoms with Crippen molar-refractivity contribution in [2.75, 3.05) is 43.6 Å². The lowest BCUT2D eigenvalue weighted by Crippen LogP contribution is -2.37. The third-order valence-corrected chi connectivity index (χ3v) is 5.46. The Kier molecular flexibility index (Phi) is 6.18. The Hall–Kier alpha value is -4.58. The summed E-state index contributed by atoms with van der Waals surface area (Å²) in [5, 5.41) is 24.4. The number of methoxy groups -OCH3 is 1. The van der Waals surface area contributed by atoms with Gasteiger partial charge >= 0.3 is 0 Å². The summed E-state index contributed by atoms with van der Waals surface area (Å²) < 4.78 is 12.5. The lowest BCUT2D eigenvalue weighted by atomic mass is 10.1. The maximum absolute atomic E-state index is 9.83. The van der Waals surface area contributed by atoms with Crippen molar-refractivity contribution in [3.8, 4) is 22.6 Å². The fourth-order valence-corrected chi connectivity index (χ4v) is 3.71. The van der Waals surface area contributed by atoms with Gasteiger partial charge in [0, 0.05) is 66.2 Å². The third-order valence-electron chi connectivity index (χ3n) is 5.46. The lowest BCUT2D eigenvalue weighted by molar-refractivity contribution is 0.122. The van der Waals surface area contributed by atoms with E-state index in [4.69, 9.17) is 14.5 Å². The van der Waals surface area contributed by atoms with Gasteiger partial charge in [-0.05, 0) is 22.6 Å². The monoisotopic (exact) mass is 473 g/mol. The van der Waals surface area contributed by atoms with Crippen molar-refractivity contribution in [2.45, 2.75) is 0 Å². The third kappa shape index (κ3) is 4.87. The Morgan fingerprint density at radius 3 is 2.74 bits per heavy atom. The Morgan fingerprint density at radius 2 is 2.00 bits per heavy atom. The molecule has 0 saturated carbocycles. The fraction of sp³-hybridized carbons (Fsp3) is 0.217. The Bertz CT molecular complexity index is 1340. The van der Waals surface area contributed by atoms with Crippen LogP contribution in [0.1, 0.15) is 5.56 Å². The molecule has 1 aliphatic heterocycles. The first-order valence-electron chi connectivity index (χ1n) is 10.8. The zero-order valence-electron chi connectivity index (χ0n) is 19.0. The molecule has 4 heterocycles. The minimum Gasteiger partial charge on any atom is -0.508 e. The van der Waals surface area contributed by atoms with Crippen LogP contribution in [0.2, 0.25) is 0 Å². The molecule has 2 N–H and O–H groups in total. The SMILES string of the molecule is C=C(O)c1cncc(-c2cnc(Nc3cc(OC)cc(-n4cnnn4)c3)nc2N2CCOCC2)c1. The van der Waals surface area contributed by atoms with Crippen molar-refractivity contribution in [1.82, 2.24) is 35.2 Å². The first-order chi connectivity index (χ1) is 17.1. The van der Waals surface area contributed by atoms with Crippen LogP contribution < -0.4 is 15.0 Å². The van der Waals surface area contributed by atoms with Gasteiger partial charge in [-0.25, -0.2) is 9.67 Å². The van der Waals surface area contributed by atoms with Gasteiger partial charge in [-0.1, -0.05) is 6.58 Å². The normalized spacial score (nSPS) is 13.5. The van der Waals surface area contributed by atoms with Crippen LogP contribution in [-0.2, 0) is 4.74 Å². The highest BCUT2D eigenvalue weighted by molar-refractivity contribution is 5.78. The summed E-state index contributed by atoms with van der Waals surface area (Å²) in [4.78, 5) is 15.8. The van der Waals surface area contributed by atoms with Gasteiger partial charge in [-0.3, -0.25) is 4.98 Å². The highest BCUT2D eigenvalue weighted by Crippen LogP contribution is 2.32. The zero-order valence-corrected chi connectivity index (χ0v) is 19.0. The molecule has 0 aliphatic carbocycles. The number of anilines is 3. The van der Waals surface area contributed by atoms with Gasteiger partial charge in [0.05, 0.1) is 26.0 Å². The maximum atomic E-state index is 9.83. The summed E-state index contributed by atoms with van der Waals surface area (Å²) in [6.45, 7) is 6.17. The summed E-state index contributed by atoms with van der Waals surface area (Å²) in [6, 6.07) is 7.33. The second kappa shape index (κ2) is 9.73. The molecule has 0 bridgehead atoms. The molecule has 1 aromatic carbocycles. The van der Waals surface area contributed by atoms with Gasteiger partial charge in [0.15, 0.2) is 0 Å². The summed E-state index contributed by atoms with van der Waals surface area (Å²) in [7, 11) is 1.59. The number of aromatic nitrogens is 7. The van der Waals surface area contributed by atoms with E-state index in [2.05, 4.69) is 42.3 Å². The molecule has 35 heavy (non-hydrogen) atoms. The largest absolute Gasteiger partial charge is 0.508 e. The number of aliphatic hydroxyl groups is 1. The molecule has 1 fully saturated rings. The molecule has 4 aromatic rings. The quantitative estimate of drug-likeness (QED) is 0.383. The molecule has 0 radical (unpaired) electrons. The number of hydrogen-bond donors (Lipinski definition) is 2. The number of nitrogens with one attached hydrogen (secondary N) is 1. The average molecular weight is 473 g/mol. The molecule has 178 valence electrons. The van der Waals surface area contributed by atoms with Crippen molar-refractivity contribution in [1.29, 1.82) is 0 Å². The van der Waals surface area contributed by atoms with Gasteiger partial charge in [0.1, 0.15) is 23.7 Å². The van der Waals surface area contributed by atoms with Crippen molar-refractivity contribution >= 4 is 23.2 Å². The molecule has 0 spiro atoms. The van der Waals surface area contributed by atoms with Crippen LogP contribution in [0, 0.1) is 0 Å². The minimum absolute atomic E-state index is 0.0529. The van der Waals surface area contributed by atoms with E-state index in [-0.39, 0.29) is 5.76 Å². The molecule has 12 heteroatoms. The fourth-order valence-electron chi connectivity index (χ4n) is 3.71. The lowest BCUT2D eigenvalue weighted by Gasteiger charge is -2.29. The van der Waals surface area contributed by atoms with E-state index in [0.29, 0.717) is 54.9 Å². The number of aliphatic hydroxyl groups excluding tert-OH is 1. The smallest absolute Gasteiger partial charge is 0.229 e. The second-order valence-electron chi connectivity index (χ2n) is 7.74. The topological polar surface area (TPSA) is 136 Å². The Morgan fingerprint density at radius 1 is 1.14 bits per heavy atom. The van der Waals surface area contributed by atoms with Crippen molar-refractivity contribution in [3.63, 3.8) is 0 Å². The standard InChI is InChI=1S/C23H23N9O3/c1-15(33)16-7-17(12-24-11-16)21-13-25-23(28-22(21)31-3-5-35-6-4-31)27-18-8-19(10-20(9-18)34-2)32-14-26-29-30-32/h7-14,33H,1,3-6H2,2H3,(H,25,27,28). The number of benzene rings is 1. The number of nitrogens with zero attached hydrogens (tertiary/aromatic N) is 8. The Balaban J connectivity index is 1.53. The predicted molar refractivity (Wildman–Crippen MR) is 129 cm³/mol. The number of rotatable bonds is 7. The van der Waals surface area contributed by atoms with Gasteiger partial charge in [-0.15, -0.1) is 5.10 Å². The van der Waals surface area contributed by atoms with Gasteiger partial charge in [0.25, 0.3) is 0 Å². The Labute approximate surface area is 200 Å². The number of morpholine rings is 1. The molecule has 0 atom stereocenters. The van der Waals surface area contributed by atoms with Crippen molar-refractivity contribution in [2.24, 2.45) is 0 Å².